The van der Waals surface area contributed by atoms with Crippen molar-refractivity contribution in [2.75, 3.05) is 38.8 Å². The third kappa shape index (κ3) is 7.79. The summed E-state index contributed by atoms with van der Waals surface area (Å²) in [6, 6.07) is 17.3. The molecule has 1 aliphatic rings. The standard InChI is InChI=1S/C30H32N4O8S/c1-4-42-30(36)24-13-22(14-31)28(32-25(24)18-41-17-21-10-11-26(39-2)27(12-21)40-3)34-15-23(16-34)29(35)33-43(37,38)19-20-8-6-5-7-9-20/h5-13,23H,4,15-19H2,1-3H3,(H,33,35). The summed E-state index contributed by atoms with van der Waals surface area (Å²) < 4.78 is 48.8. The van der Waals surface area contributed by atoms with Crippen molar-refractivity contribution in [3.63, 3.8) is 0 Å². The number of aromatic nitrogens is 1. The lowest BCUT2D eigenvalue weighted by molar-refractivity contribution is -0.123. The number of esters is 1. The summed E-state index contributed by atoms with van der Waals surface area (Å²) in [6.45, 7) is 2.17. The van der Waals surface area contributed by atoms with Crippen LogP contribution in [0.2, 0.25) is 0 Å². The van der Waals surface area contributed by atoms with Gasteiger partial charge in [0.2, 0.25) is 15.9 Å². The third-order valence-electron chi connectivity index (χ3n) is 6.66. The van der Waals surface area contributed by atoms with Crippen LogP contribution in [-0.4, -0.2) is 59.2 Å². The Morgan fingerprint density at radius 2 is 1.74 bits per heavy atom. The molecular weight excluding hydrogens is 576 g/mol. The van der Waals surface area contributed by atoms with Crippen LogP contribution in [-0.2, 0) is 43.3 Å². The zero-order chi connectivity index (χ0) is 31.0. The molecule has 1 saturated heterocycles. The summed E-state index contributed by atoms with van der Waals surface area (Å²) in [5.41, 5.74) is 1.82. The maximum absolute atomic E-state index is 12.7. The molecule has 0 saturated carbocycles. The summed E-state index contributed by atoms with van der Waals surface area (Å²) in [7, 11) is -0.815. The third-order valence-corrected chi connectivity index (χ3v) is 7.89. The smallest absolute Gasteiger partial charge is 0.340 e. The highest BCUT2D eigenvalue weighted by Crippen LogP contribution is 2.30. The largest absolute Gasteiger partial charge is 0.493 e. The maximum Gasteiger partial charge on any atom is 0.340 e. The summed E-state index contributed by atoms with van der Waals surface area (Å²) >= 11 is 0. The van der Waals surface area contributed by atoms with E-state index >= 15 is 0 Å². The molecule has 2 aromatic carbocycles. The molecule has 0 radical (unpaired) electrons. The van der Waals surface area contributed by atoms with Gasteiger partial charge in [0.25, 0.3) is 0 Å². The number of methoxy groups -OCH3 is 2. The highest BCUT2D eigenvalue weighted by atomic mass is 32.2. The number of rotatable bonds is 13. The van der Waals surface area contributed by atoms with Gasteiger partial charge in [0.05, 0.1) is 62.5 Å². The van der Waals surface area contributed by atoms with Crippen molar-refractivity contribution < 1.29 is 37.0 Å². The Labute approximate surface area is 250 Å². The second-order valence-electron chi connectivity index (χ2n) is 9.68. The molecule has 3 aromatic rings. The molecule has 0 spiro atoms. The van der Waals surface area contributed by atoms with Crippen molar-refractivity contribution in [2.24, 2.45) is 5.92 Å². The first kappa shape index (κ1) is 31.3. The van der Waals surface area contributed by atoms with E-state index in [1.54, 1.807) is 61.4 Å². The number of amides is 1. The molecule has 43 heavy (non-hydrogen) atoms. The van der Waals surface area contributed by atoms with Gasteiger partial charge in [-0.25, -0.2) is 18.2 Å². The lowest BCUT2D eigenvalue weighted by Crippen LogP contribution is -2.55. The fourth-order valence-corrected chi connectivity index (χ4v) is 5.66. The second kappa shape index (κ2) is 14.0. The first-order valence-electron chi connectivity index (χ1n) is 13.4. The molecule has 1 N–H and O–H groups in total. The normalized spacial score (nSPS) is 13.0. The minimum Gasteiger partial charge on any atom is -0.493 e. The van der Waals surface area contributed by atoms with Gasteiger partial charge in [-0.05, 0) is 36.2 Å². The zero-order valence-electron chi connectivity index (χ0n) is 24.0. The van der Waals surface area contributed by atoms with E-state index in [0.717, 1.165) is 5.56 Å². The molecule has 2 heterocycles. The van der Waals surface area contributed by atoms with Crippen LogP contribution in [0, 0.1) is 17.2 Å². The molecular formula is C30H32N4O8S. The highest BCUT2D eigenvalue weighted by molar-refractivity contribution is 7.89. The minimum atomic E-state index is -3.89. The number of hydrogen-bond acceptors (Lipinski definition) is 11. The zero-order valence-corrected chi connectivity index (χ0v) is 24.8. The Morgan fingerprint density at radius 3 is 2.40 bits per heavy atom. The van der Waals surface area contributed by atoms with Crippen LogP contribution < -0.4 is 19.1 Å². The Morgan fingerprint density at radius 1 is 1.02 bits per heavy atom. The van der Waals surface area contributed by atoms with Gasteiger partial charge in [-0.2, -0.15) is 5.26 Å². The average Bonchev–Trinajstić information content (AvgIpc) is 2.96. The number of carbonyl (C=O) groups is 2. The number of ether oxygens (including phenoxy) is 4. The summed E-state index contributed by atoms with van der Waals surface area (Å²) in [4.78, 5) is 31.7. The Bertz CT molecular complexity index is 1620. The van der Waals surface area contributed by atoms with Crippen LogP contribution in [0.25, 0.3) is 0 Å². The number of nitriles is 1. The van der Waals surface area contributed by atoms with Gasteiger partial charge in [0.15, 0.2) is 11.5 Å². The lowest BCUT2D eigenvalue weighted by atomic mass is 9.98. The van der Waals surface area contributed by atoms with Gasteiger partial charge >= 0.3 is 5.97 Å². The van der Waals surface area contributed by atoms with Crippen molar-refractivity contribution in [1.29, 1.82) is 5.26 Å². The number of sulfonamides is 1. The lowest BCUT2D eigenvalue weighted by Gasteiger charge is -2.39. The van der Waals surface area contributed by atoms with Crippen molar-refractivity contribution in [3.05, 3.63) is 82.5 Å². The van der Waals surface area contributed by atoms with Crippen LogP contribution in [0.4, 0.5) is 5.82 Å². The van der Waals surface area contributed by atoms with Gasteiger partial charge in [-0.1, -0.05) is 36.4 Å². The van der Waals surface area contributed by atoms with Gasteiger partial charge in [-0.15, -0.1) is 0 Å². The molecule has 0 bridgehead atoms. The number of nitrogens with zero attached hydrogens (tertiary/aromatic N) is 3. The van der Waals surface area contributed by atoms with Crippen molar-refractivity contribution in [3.8, 4) is 17.6 Å². The molecule has 12 nitrogen and oxygen atoms in total. The van der Waals surface area contributed by atoms with Crippen molar-refractivity contribution >= 4 is 27.7 Å². The molecule has 1 aliphatic heterocycles. The van der Waals surface area contributed by atoms with E-state index in [4.69, 9.17) is 18.9 Å². The van der Waals surface area contributed by atoms with Crippen LogP contribution in [0.15, 0.2) is 54.6 Å². The van der Waals surface area contributed by atoms with E-state index in [9.17, 15) is 23.3 Å². The highest BCUT2D eigenvalue weighted by Gasteiger charge is 2.37. The SMILES string of the molecule is CCOC(=O)c1cc(C#N)c(N2CC(C(=O)NS(=O)(=O)Cc3ccccc3)C2)nc1COCc1ccc(OC)c(OC)c1. The van der Waals surface area contributed by atoms with Gasteiger partial charge < -0.3 is 23.8 Å². The van der Waals surface area contributed by atoms with Gasteiger partial charge in [0, 0.05) is 13.1 Å². The van der Waals surface area contributed by atoms with Crippen LogP contribution >= 0.6 is 0 Å². The predicted molar refractivity (Wildman–Crippen MR) is 156 cm³/mol. The molecule has 226 valence electrons. The molecule has 0 unspecified atom stereocenters. The fourth-order valence-electron chi connectivity index (χ4n) is 4.48. The summed E-state index contributed by atoms with van der Waals surface area (Å²) in [5.74, 6) is -0.856. The van der Waals surface area contributed by atoms with E-state index in [2.05, 4.69) is 9.71 Å². The molecule has 0 aliphatic carbocycles. The molecule has 1 amide bonds. The summed E-state index contributed by atoms with van der Waals surface area (Å²) in [5, 5.41) is 9.82. The molecule has 1 fully saturated rings. The Balaban J connectivity index is 1.47. The number of carbonyl (C=O) groups excluding carboxylic acids is 2. The van der Waals surface area contributed by atoms with Crippen molar-refractivity contribution in [1.82, 2.24) is 9.71 Å². The predicted octanol–water partition coefficient (Wildman–Crippen LogP) is 2.95. The number of anilines is 1. The van der Waals surface area contributed by atoms with Crippen LogP contribution in [0.5, 0.6) is 11.5 Å². The number of nitrogens with one attached hydrogen (secondary N) is 1. The van der Waals surface area contributed by atoms with E-state index in [-0.39, 0.29) is 61.3 Å². The molecule has 4 rings (SSSR count). The maximum atomic E-state index is 12.7. The minimum absolute atomic E-state index is 0.0727. The average molecular weight is 609 g/mol. The summed E-state index contributed by atoms with van der Waals surface area (Å²) in [6.07, 6.45) is 0. The van der Waals surface area contributed by atoms with E-state index in [1.807, 2.05) is 12.1 Å². The van der Waals surface area contributed by atoms with E-state index in [0.29, 0.717) is 17.1 Å². The number of benzene rings is 2. The van der Waals surface area contributed by atoms with Crippen LogP contribution in [0.1, 0.15) is 39.7 Å². The number of pyridine rings is 1. The van der Waals surface area contributed by atoms with Gasteiger partial charge in [-0.3, -0.25) is 9.52 Å². The van der Waals surface area contributed by atoms with Crippen molar-refractivity contribution in [2.45, 2.75) is 25.9 Å². The van der Waals surface area contributed by atoms with E-state index in [1.165, 1.54) is 13.2 Å². The fraction of sp³-hybridized carbons (Fsp3) is 0.333. The first-order chi connectivity index (χ1) is 20.7. The first-order valence-corrected chi connectivity index (χ1v) is 15.1. The Kier molecular flexibility index (Phi) is 10.2. The van der Waals surface area contributed by atoms with Gasteiger partial charge in [0.1, 0.15) is 11.9 Å². The molecule has 1 aromatic heterocycles. The second-order valence-corrected chi connectivity index (χ2v) is 11.4. The topological polar surface area (TPSA) is 157 Å². The van der Waals surface area contributed by atoms with E-state index < -0.39 is 27.8 Å². The number of hydrogen-bond donors (Lipinski definition) is 1. The molecule has 0 atom stereocenters. The molecule has 13 heteroatoms. The van der Waals surface area contributed by atoms with Crippen LogP contribution in [0.3, 0.4) is 0 Å². The Hall–Kier alpha value is -4.67. The monoisotopic (exact) mass is 608 g/mol. The quantitative estimate of drug-likeness (QED) is 0.285.